The van der Waals surface area contributed by atoms with Crippen molar-refractivity contribution >= 4 is 43.5 Å². The number of rotatable bonds is 6. The molecule has 3 rings (SSSR count). The Hall–Kier alpha value is -3.53. The molecule has 2 aromatic carbocycles. The van der Waals surface area contributed by atoms with Gasteiger partial charge in [0.1, 0.15) is 5.75 Å². The van der Waals surface area contributed by atoms with Crippen LogP contribution in [0.2, 0.25) is 0 Å². The van der Waals surface area contributed by atoms with Gasteiger partial charge in [-0.2, -0.15) is 26.8 Å². The smallest absolute Gasteiger partial charge is 0.351 e. The summed E-state index contributed by atoms with van der Waals surface area (Å²) < 4.78 is 63.2. The van der Waals surface area contributed by atoms with Gasteiger partial charge in [-0.3, -0.25) is 14.1 Å². The zero-order valence-electron chi connectivity index (χ0n) is 14.6. The first-order valence-electron chi connectivity index (χ1n) is 7.82. The summed E-state index contributed by atoms with van der Waals surface area (Å²) in [7, 11) is -9.00. The van der Waals surface area contributed by atoms with Crippen LogP contribution < -0.4 is 16.3 Å². The molecule has 0 aliphatic rings. The van der Waals surface area contributed by atoms with Crippen molar-refractivity contribution in [1.29, 1.82) is 0 Å². The summed E-state index contributed by atoms with van der Waals surface area (Å²) >= 11 is 0. The number of benzene rings is 2. The third-order valence-corrected chi connectivity index (χ3v) is 5.26. The van der Waals surface area contributed by atoms with E-state index in [1.54, 1.807) is 0 Å². The second kappa shape index (κ2) is 7.71. The Balaban J connectivity index is 1.93. The molecule has 0 aliphatic heterocycles. The zero-order valence-corrected chi connectivity index (χ0v) is 16.3. The van der Waals surface area contributed by atoms with Crippen LogP contribution >= 0.6 is 0 Å². The van der Waals surface area contributed by atoms with Crippen LogP contribution in [0.1, 0.15) is 0 Å². The van der Waals surface area contributed by atoms with Crippen LogP contribution in [0.5, 0.6) is 5.75 Å². The van der Waals surface area contributed by atoms with Crippen molar-refractivity contribution in [2.75, 3.05) is 10.6 Å². The highest BCUT2D eigenvalue weighted by atomic mass is 32.2. The normalized spacial score (nSPS) is 11.8. The van der Waals surface area contributed by atoms with Gasteiger partial charge >= 0.3 is 5.69 Å². The monoisotopic (exact) mass is 455 g/mol. The van der Waals surface area contributed by atoms with Gasteiger partial charge in [0.15, 0.2) is 0 Å². The van der Waals surface area contributed by atoms with E-state index in [4.69, 9.17) is 9.11 Å². The Morgan fingerprint density at radius 3 is 2.20 bits per heavy atom. The van der Waals surface area contributed by atoms with E-state index in [0.717, 1.165) is 30.3 Å². The molecule has 1 aromatic heterocycles. The van der Waals surface area contributed by atoms with Gasteiger partial charge in [-0.05, 0) is 36.4 Å². The molecule has 3 aromatic rings. The predicted molar refractivity (Wildman–Crippen MR) is 103 cm³/mol. The Morgan fingerprint density at radius 2 is 1.53 bits per heavy atom. The Bertz CT molecular complexity index is 1390. The van der Waals surface area contributed by atoms with Crippen molar-refractivity contribution in [2.45, 2.75) is 9.79 Å². The number of anilines is 4. The largest absolute Gasteiger partial charge is 0.506 e. The summed E-state index contributed by atoms with van der Waals surface area (Å²) in [5, 5.41) is 14.9. The molecule has 1 heterocycles. The first-order valence-corrected chi connectivity index (χ1v) is 10.7. The molecule has 0 amide bonds. The van der Waals surface area contributed by atoms with Gasteiger partial charge in [0.05, 0.1) is 15.5 Å². The van der Waals surface area contributed by atoms with Gasteiger partial charge in [-0.1, -0.05) is 6.07 Å². The molecular weight excluding hydrogens is 442 g/mol. The zero-order chi connectivity index (χ0) is 22.1. The lowest BCUT2D eigenvalue weighted by Gasteiger charge is -2.10. The SMILES string of the molecule is O=c1nc(Nc2cc(S(=O)(=O)O)ccc2O)nc(Nc2cccc(S(=O)(=O)O)c2)[nH]1. The van der Waals surface area contributed by atoms with E-state index in [0.29, 0.717) is 0 Å². The maximum absolute atomic E-state index is 11.8. The molecule has 6 N–H and O–H groups in total. The average Bonchev–Trinajstić information content (AvgIpc) is 2.61. The van der Waals surface area contributed by atoms with E-state index in [-0.39, 0.29) is 23.3 Å². The summed E-state index contributed by atoms with van der Waals surface area (Å²) in [5.41, 5.74) is -0.942. The molecule has 0 saturated carbocycles. The highest BCUT2D eigenvalue weighted by Crippen LogP contribution is 2.28. The Labute approximate surface area is 169 Å². The Morgan fingerprint density at radius 1 is 0.867 bits per heavy atom. The lowest BCUT2D eigenvalue weighted by atomic mass is 10.3. The van der Waals surface area contributed by atoms with E-state index < -0.39 is 41.5 Å². The summed E-state index contributed by atoms with van der Waals surface area (Å²) in [6.45, 7) is 0. The topological polar surface area (TPSA) is 212 Å². The van der Waals surface area contributed by atoms with Crippen molar-refractivity contribution in [3.05, 3.63) is 52.9 Å². The standard InChI is InChI=1S/C15H13N5O8S2/c21-12-5-4-10(30(26,27)28)7-11(12)17-14-18-13(19-15(22)20-14)16-8-2-1-3-9(6-8)29(23,24)25/h1-7,21H,(H,23,24,25)(H,26,27,28)(H3,16,17,18,19,20,22). The summed E-state index contributed by atoms with van der Waals surface area (Å²) in [6, 6.07) is 7.87. The van der Waals surface area contributed by atoms with Crippen molar-refractivity contribution in [2.24, 2.45) is 0 Å². The number of nitrogens with one attached hydrogen (secondary N) is 3. The molecule has 158 valence electrons. The number of hydrogen-bond acceptors (Lipinski definition) is 10. The van der Waals surface area contributed by atoms with Crippen molar-refractivity contribution in [3.8, 4) is 5.75 Å². The fourth-order valence-corrected chi connectivity index (χ4v) is 3.30. The van der Waals surface area contributed by atoms with Crippen LogP contribution in [0.3, 0.4) is 0 Å². The fourth-order valence-electron chi connectivity index (χ4n) is 2.27. The van der Waals surface area contributed by atoms with E-state index >= 15 is 0 Å². The van der Waals surface area contributed by atoms with Crippen LogP contribution in [0.15, 0.2) is 57.1 Å². The number of H-pyrrole nitrogens is 1. The number of aromatic hydroxyl groups is 1. The first kappa shape index (κ1) is 21.2. The lowest BCUT2D eigenvalue weighted by molar-refractivity contribution is 0.474. The number of phenols is 1. The minimum absolute atomic E-state index is 0.154. The van der Waals surface area contributed by atoms with E-state index in [1.165, 1.54) is 12.1 Å². The molecule has 0 aliphatic carbocycles. The third-order valence-electron chi connectivity index (χ3n) is 3.56. The second-order valence-corrected chi connectivity index (χ2v) is 8.58. The highest BCUT2D eigenvalue weighted by Gasteiger charge is 2.14. The third kappa shape index (κ3) is 5.09. The number of phenolic OH excluding ortho intramolecular Hbond substituents is 1. The van der Waals surface area contributed by atoms with Gasteiger partial charge < -0.3 is 15.7 Å². The van der Waals surface area contributed by atoms with Gasteiger partial charge in [0, 0.05) is 5.69 Å². The fraction of sp³-hybridized carbons (Fsp3) is 0. The number of aromatic nitrogens is 3. The summed E-state index contributed by atoms with van der Waals surface area (Å²) in [4.78, 5) is 20.6. The van der Waals surface area contributed by atoms with Crippen molar-refractivity contribution in [1.82, 2.24) is 15.0 Å². The number of aromatic amines is 1. The van der Waals surface area contributed by atoms with Crippen molar-refractivity contribution in [3.63, 3.8) is 0 Å². The quantitative estimate of drug-likeness (QED) is 0.225. The van der Waals surface area contributed by atoms with Crippen molar-refractivity contribution < 1.29 is 31.0 Å². The van der Waals surface area contributed by atoms with Crippen LogP contribution in [-0.4, -0.2) is 46.0 Å². The molecule has 0 saturated heterocycles. The average molecular weight is 455 g/mol. The number of hydrogen-bond donors (Lipinski definition) is 6. The minimum atomic E-state index is -4.55. The Kier molecular flexibility index (Phi) is 5.45. The molecule has 0 radical (unpaired) electrons. The molecule has 30 heavy (non-hydrogen) atoms. The van der Waals surface area contributed by atoms with E-state index in [9.17, 15) is 26.7 Å². The van der Waals surface area contributed by atoms with Gasteiger partial charge in [0.2, 0.25) is 11.9 Å². The molecule has 0 atom stereocenters. The van der Waals surface area contributed by atoms with Gasteiger partial charge in [0.25, 0.3) is 20.2 Å². The maximum Gasteiger partial charge on any atom is 0.351 e. The highest BCUT2D eigenvalue weighted by molar-refractivity contribution is 7.86. The molecule has 0 spiro atoms. The molecule has 0 fully saturated rings. The van der Waals surface area contributed by atoms with Crippen LogP contribution in [-0.2, 0) is 20.2 Å². The van der Waals surface area contributed by atoms with Crippen LogP contribution in [0, 0.1) is 0 Å². The van der Waals surface area contributed by atoms with Gasteiger partial charge in [-0.25, -0.2) is 4.79 Å². The molecule has 15 heteroatoms. The summed E-state index contributed by atoms with van der Waals surface area (Å²) in [5.74, 6) is -0.952. The van der Waals surface area contributed by atoms with Crippen LogP contribution in [0.4, 0.5) is 23.3 Å². The second-order valence-electron chi connectivity index (χ2n) is 5.73. The molecular formula is C15H13N5O8S2. The lowest BCUT2D eigenvalue weighted by Crippen LogP contribution is -2.16. The maximum atomic E-state index is 11.8. The predicted octanol–water partition coefficient (Wildman–Crippen LogP) is 0.851. The van der Waals surface area contributed by atoms with E-state index in [2.05, 4.69) is 25.6 Å². The van der Waals surface area contributed by atoms with E-state index in [1.807, 2.05) is 0 Å². The number of nitrogens with zero attached hydrogens (tertiary/aromatic N) is 2. The summed E-state index contributed by atoms with van der Waals surface area (Å²) in [6.07, 6.45) is 0. The van der Waals surface area contributed by atoms with Gasteiger partial charge in [-0.15, -0.1) is 0 Å². The molecule has 13 nitrogen and oxygen atoms in total. The first-order chi connectivity index (χ1) is 13.9. The molecule has 0 unspecified atom stereocenters. The van der Waals surface area contributed by atoms with Crippen LogP contribution in [0.25, 0.3) is 0 Å². The molecule has 0 bridgehead atoms. The minimum Gasteiger partial charge on any atom is -0.506 e.